The Morgan fingerprint density at radius 2 is 1.45 bits per heavy atom. The Morgan fingerprint density at radius 1 is 0.836 bits per heavy atom. The molecule has 1 aromatic carbocycles. The summed E-state index contributed by atoms with van der Waals surface area (Å²) in [6.45, 7) is 16.3. The summed E-state index contributed by atoms with van der Waals surface area (Å²) in [4.78, 5) is 73.2. The lowest BCUT2D eigenvalue weighted by molar-refractivity contribution is -0.149. The normalized spacial score (nSPS) is 19.6. The number of hydrogen-bond donors (Lipinski definition) is 1. The molecule has 0 saturated carbocycles. The number of rotatable bonds is 23. The zero-order valence-corrected chi connectivity index (χ0v) is 35.9. The topological polar surface area (TPSA) is 149 Å². The maximum Gasteiger partial charge on any atom is 0.405 e. The number of Topliss-reactive ketones (excluding diaryl/α,β-unsaturated/α-hetero) is 2. The van der Waals surface area contributed by atoms with Crippen LogP contribution in [0.15, 0.2) is 30.3 Å². The number of primary amides is 1. The fourth-order valence-electron chi connectivity index (χ4n) is 8.69. The molecule has 0 radical (unpaired) electrons. The van der Waals surface area contributed by atoms with E-state index in [2.05, 4.69) is 13.8 Å². The molecule has 1 aromatic rings. The van der Waals surface area contributed by atoms with Gasteiger partial charge in [0.1, 0.15) is 11.9 Å². The van der Waals surface area contributed by atoms with Crippen molar-refractivity contribution in [3.63, 3.8) is 0 Å². The first-order valence-corrected chi connectivity index (χ1v) is 20.2. The molecule has 0 unspecified atom stereocenters. The van der Waals surface area contributed by atoms with Crippen LogP contribution in [0.25, 0.3) is 0 Å². The maximum absolute atomic E-state index is 14.3. The van der Waals surface area contributed by atoms with Gasteiger partial charge in [0.05, 0.1) is 36.8 Å². The number of ketones is 2. The summed E-state index contributed by atoms with van der Waals surface area (Å²) in [5, 5.41) is 0. The third kappa shape index (κ3) is 12.8. The molecule has 55 heavy (non-hydrogen) atoms. The van der Waals surface area contributed by atoms with Crippen molar-refractivity contribution in [2.75, 3.05) is 41.9 Å². The molecule has 0 aromatic heterocycles. The SMILES string of the molecule is CC[C@H](C)[C@@H]([C@@H](CC(=O)N1CCC[C@H]1[C@H](OC)[C@@H](C)C(=O)C[C@H](C)[C@@H](OC(N)=O)c1ccccc1)OC)N(C)C(=O)[C@@H](CC(=O)[C@H](C(C)C)N(C)C)C(C)C. The van der Waals surface area contributed by atoms with Crippen molar-refractivity contribution < 1.29 is 38.2 Å². The molecule has 0 aliphatic carbocycles. The molecule has 1 saturated heterocycles. The van der Waals surface area contributed by atoms with E-state index in [4.69, 9.17) is 19.9 Å². The summed E-state index contributed by atoms with van der Waals surface area (Å²) in [6.07, 6.45) is -0.282. The number of nitrogens with zero attached hydrogens (tertiary/aromatic N) is 3. The van der Waals surface area contributed by atoms with Crippen molar-refractivity contribution in [3.8, 4) is 0 Å². The smallest absolute Gasteiger partial charge is 0.405 e. The molecule has 10 atom stereocenters. The van der Waals surface area contributed by atoms with E-state index >= 15 is 0 Å². The lowest BCUT2D eigenvalue weighted by Crippen LogP contribution is -2.54. The van der Waals surface area contributed by atoms with Crippen LogP contribution in [0.1, 0.15) is 106 Å². The van der Waals surface area contributed by atoms with Crippen molar-refractivity contribution >= 4 is 29.5 Å². The zero-order valence-electron chi connectivity index (χ0n) is 35.9. The van der Waals surface area contributed by atoms with Crippen LogP contribution in [0.2, 0.25) is 0 Å². The Bertz CT molecular complexity index is 1380. The molecule has 12 heteroatoms. The van der Waals surface area contributed by atoms with Gasteiger partial charge in [0.15, 0.2) is 5.78 Å². The van der Waals surface area contributed by atoms with Crippen LogP contribution < -0.4 is 5.73 Å². The second-order valence-corrected chi connectivity index (χ2v) is 16.7. The van der Waals surface area contributed by atoms with Gasteiger partial charge in [-0.25, -0.2) is 4.79 Å². The predicted molar refractivity (Wildman–Crippen MR) is 215 cm³/mol. The Hall–Kier alpha value is -3.35. The summed E-state index contributed by atoms with van der Waals surface area (Å²) in [7, 11) is 8.70. The van der Waals surface area contributed by atoms with Crippen LogP contribution >= 0.6 is 0 Å². The van der Waals surface area contributed by atoms with E-state index in [9.17, 15) is 24.0 Å². The number of amides is 3. The van der Waals surface area contributed by atoms with E-state index in [-0.39, 0.29) is 78.4 Å². The molecular formula is C43H72N4O8. The van der Waals surface area contributed by atoms with E-state index in [0.717, 1.165) is 18.4 Å². The molecule has 1 aliphatic heterocycles. The van der Waals surface area contributed by atoms with Gasteiger partial charge in [0, 0.05) is 58.4 Å². The van der Waals surface area contributed by atoms with Gasteiger partial charge in [-0.2, -0.15) is 0 Å². The molecule has 12 nitrogen and oxygen atoms in total. The van der Waals surface area contributed by atoms with Crippen molar-refractivity contribution in [1.29, 1.82) is 0 Å². The van der Waals surface area contributed by atoms with Gasteiger partial charge in [-0.3, -0.25) is 24.1 Å². The number of benzene rings is 1. The number of likely N-dealkylation sites (N-methyl/N-ethyl adjacent to an activating group) is 2. The average molecular weight is 773 g/mol. The number of carbonyl (C=O) groups excluding carboxylic acids is 5. The lowest BCUT2D eigenvalue weighted by Gasteiger charge is -2.41. The van der Waals surface area contributed by atoms with Gasteiger partial charge in [0.2, 0.25) is 11.8 Å². The molecule has 1 aliphatic rings. The van der Waals surface area contributed by atoms with E-state index < -0.39 is 42.3 Å². The lowest BCUT2D eigenvalue weighted by atomic mass is 9.83. The van der Waals surface area contributed by atoms with Crippen molar-refractivity contribution in [1.82, 2.24) is 14.7 Å². The standard InChI is InChI=1S/C43H72N4O8/c1-14-28(6)39(46(11)42(51)32(26(2)3)24-35(49)38(27(4)5)45(9)10)36(53-12)25-37(50)47-22-18-21-33(47)41(54-13)30(8)34(48)23-29(7)40(55-43(44)52)31-19-16-15-17-20-31/h15-17,19-20,26-30,32-33,36,38-41H,14,18,21-25H2,1-13H3,(H2,44,52)/t28-,29-,30-,32-,33-,36+,38-,39-,40+,41+/m0/s1. The van der Waals surface area contributed by atoms with E-state index in [0.29, 0.717) is 13.0 Å². The summed E-state index contributed by atoms with van der Waals surface area (Å²) in [5.74, 6) is -1.67. The van der Waals surface area contributed by atoms with Gasteiger partial charge in [-0.05, 0) is 50.3 Å². The minimum absolute atomic E-state index is 0.000565. The highest BCUT2D eigenvalue weighted by atomic mass is 16.6. The van der Waals surface area contributed by atoms with E-state index in [1.165, 1.54) is 0 Å². The Balaban J connectivity index is 2.28. The number of carbonyl (C=O) groups is 5. The summed E-state index contributed by atoms with van der Waals surface area (Å²) < 4.78 is 17.5. The van der Waals surface area contributed by atoms with Gasteiger partial charge < -0.3 is 29.7 Å². The number of methoxy groups -OCH3 is 2. The average Bonchev–Trinajstić information content (AvgIpc) is 3.61. The molecule has 2 N–H and O–H groups in total. The molecule has 312 valence electrons. The van der Waals surface area contributed by atoms with Crippen LogP contribution in [0.3, 0.4) is 0 Å². The summed E-state index contributed by atoms with van der Waals surface area (Å²) >= 11 is 0. The molecular weight excluding hydrogens is 700 g/mol. The maximum atomic E-state index is 14.3. The predicted octanol–water partition coefficient (Wildman–Crippen LogP) is 6.16. The minimum Gasteiger partial charge on any atom is -0.441 e. The van der Waals surface area contributed by atoms with Crippen LogP contribution in [0, 0.1) is 35.5 Å². The first-order valence-electron chi connectivity index (χ1n) is 20.2. The van der Waals surface area contributed by atoms with Crippen LogP contribution in [-0.4, -0.2) is 116 Å². The fourth-order valence-corrected chi connectivity index (χ4v) is 8.69. The minimum atomic E-state index is -0.911. The molecule has 0 spiro atoms. The monoisotopic (exact) mass is 773 g/mol. The second-order valence-electron chi connectivity index (χ2n) is 16.7. The van der Waals surface area contributed by atoms with E-state index in [1.54, 1.807) is 26.2 Å². The highest BCUT2D eigenvalue weighted by Crippen LogP contribution is 2.34. The van der Waals surface area contributed by atoms with Crippen molar-refractivity contribution in [2.45, 2.75) is 130 Å². The Kier molecular flexibility index (Phi) is 19.5. The molecule has 2 rings (SSSR count). The van der Waals surface area contributed by atoms with Crippen LogP contribution in [0.5, 0.6) is 0 Å². The largest absolute Gasteiger partial charge is 0.441 e. The van der Waals surface area contributed by atoms with Gasteiger partial charge in [0.25, 0.3) is 0 Å². The highest BCUT2D eigenvalue weighted by Gasteiger charge is 2.43. The molecule has 3 amide bonds. The fraction of sp³-hybridized carbons (Fsp3) is 0.744. The summed E-state index contributed by atoms with van der Waals surface area (Å²) in [6, 6.07) is 8.17. The first-order chi connectivity index (χ1) is 25.8. The third-order valence-corrected chi connectivity index (χ3v) is 11.8. The number of hydrogen-bond acceptors (Lipinski definition) is 9. The molecule has 0 bridgehead atoms. The van der Waals surface area contributed by atoms with Crippen LogP contribution in [0.4, 0.5) is 4.79 Å². The molecule has 1 heterocycles. The number of likely N-dealkylation sites (tertiary alicyclic amines) is 1. The van der Waals surface area contributed by atoms with Crippen LogP contribution in [-0.2, 0) is 33.4 Å². The van der Waals surface area contributed by atoms with Gasteiger partial charge >= 0.3 is 6.09 Å². The number of ether oxygens (including phenoxy) is 3. The quantitative estimate of drug-likeness (QED) is 0.138. The van der Waals surface area contributed by atoms with Gasteiger partial charge in [-0.15, -0.1) is 0 Å². The Labute approximate surface area is 331 Å². The Morgan fingerprint density at radius 3 is 1.95 bits per heavy atom. The highest BCUT2D eigenvalue weighted by molar-refractivity contribution is 5.90. The molecule has 1 fully saturated rings. The van der Waals surface area contributed by atoms with Crippen molar-refractivity contribution in [3.05, 3.63) is 35.9 Å². The van der Waals surface area contributed by atoms with Crippen molar-refractivity contribution in [2.24, 2.45) is 41.2 Å². The first kappa shape index (κ1) is 47.8. The third-order valence-electron chi connectivity index (χ3n) is 11.8. The van der Waals surface area contributed by atoms with Gasteiger partial charge in [-0.1, -0.05) is 92.1 Å². The second kappa shape index (κ2) is 22.4. The zero-order chi connectivity index (χ0) is 41.7. The summed E-state index contributed by atoms with van der Waals surface area (Å²) in [5.41, 5.74) is 6.15. The van der Waals surface area contributed by atoms with E-state index in [1.807, 2.05) is 95.8 Å². The number of nitrogens with two attached hydrogens (primary N) is 1.